The van der Waals surface area contributed by atoms with Crippen molar-refractivity contribution in [2.24, 2.45) is 0 Å². The molecule has 2 rings (SSSR count). The van der Waals surface area contributed by atoms with E-state index in [9.17, 15) is 4.79 Å². The molecular weight excluding hydrogens is 246 g/mol. The van der Waals surface area contributed by atoms with Gasteiger partial charge in [-0.25, -0.2) is 0 Å². The van der Waals surface area contributed by atoms with E-state index in [-0.39, 0.29) is 6.54 Å². The maximum Gasteiger partial charge on any atom is 0.322 e. The monoisotopic (exact) mass is 259 g/mol. The summed E-state index contributed by atoms with van der Waals surface area (Å²) in [5.74, 6) is 0.222. The summed E-state index contributed by atoms with van der Waals surface area (Å²) in [5.41, 5.74) is 1.58. The molecule has 19 heavy (non-hydrogen) atoms. The lowest BCUT2D eigenvalue weighted by Crippen LogP contribution is -2.13. The lowest BCUT2D eigenvalue weighted by Gasteiger charge is -2.05. The second-order valence-electron chi connectivity index (χ2n) is 3.78. The molecule has 0 saturated heterocycles. The Morgan fingerprint density at radius 3 is 2.79 bits per heavy atom. The second kappa shape index (κ2) is 5.81. The molecule has 6 nitrogen and oxygen atoms in total. The van der Waals surface area contributed by atoms with Crippen molar-refractivity contribution in [2.45, 2.75) is 0 Å². The van der Waals surface area contributed by atoms with Crippen LogP contribution in [0.25, 0.3) is 11.3 Å². The summed E-state index contributed by atoms with van der Waals surface area (Å²) in [6.07, 6.45) is 0. The molecule has 0 aliphatic heterocycles. The topological polar surface area (TPSA) is 84.3 Å². The van der Waals surface area contributed by atoms with E-state index >= 15 is 0 Å². The minimum atomic E-state index is -0.946. The molecule has 1 aromatic heterocycles. The Morgan fingerprint density at radius 2 is 2.16 bits per heavy atom. The Bertz CT molecular complexity index is 570. The molecule has 0 spiro atoms. The smallest absolute Gasteiger partial charge is 0.322 e. The van der Waals surface area contributed by atoms with Crippen LogP contribution in [0.15, 0.2) is 36.4 Å². The van der Waals surface area contributed by atoms with Gasteiger partial charge >= 0.3 is 5.97 Å². The first-order chi connectivity index (χ1) is 9.19. The molecule has 0 aliphatic carbocycles. The Hall–Kier alpha value is -2.63. The largest absolute Gasteiger partial charge is 0.497 e. The SMILES string of the molecule is COc1cccc(-c2ccc(NCC(=O)O)nn2)c1. The number of benzene rings is 1. The van der Waals surface area contributed by atoms with Crippen LogP contribution in [0.4, 0.5) is 5.82 Å². The number of carbonyl (C=O) groups is 1. The number of nitrogens with one attached hydrogen (secondary N) is 1. The van der Waals surface area contributed by atoms with Gasteiger partial charge in [0.1, 0.15) is 18.1 Å². The predicted molar refractivity (Wildman–Crippen MR) is 70.1 cm³/mol. The third kappa shape index (κ3) is 3.41. The number of methoxy groups -OCH3 is 1. The van der Waals surface area contributed by atoms with Crippen LogP contribution in [0.1, 0.15) is 0 Å². The molecule has 98 valence electrons. The summed E-state index contributed by atoms with van der Waals surface area (Å²) in [6.45, 7) is -0.187. The molecule has 0 fully saturated rings. The number of nitrogens with zero attached hydrogens (tertiary/aromatic N) is 2. The summed E-state index contributed by atoms with van der Waals surface area (Å²) in [4.78, 5) is 10.4. The lowest BCUT2D eigenvalue weighted by atomic mass is 10.1. The molecule has 1 aromatic carbocycles. The molecule has 0 radical (unpaired) electrons. The van der Waals surface area contributed by atoms with Crippen molar-refractivity contribution in [3.8, 4) is 17.0 Å². The van der Waals surface area contributed by atoms with Gasteiger partial charge in [-0.05, 0) is 24.3 Å². The molecule has 0 atom stereocenters. The van der Waals surface area contributed by atoms with E-state index < -0.39 is 5.97 Å². The van der Waals surface area contributed by atoms with Crippen molar-refractivity contribution in [3.05, 3.63) is 36.4 Å². The first-order valence-corrected chi connectivity index (χ1v) is 5.63. The number of hydrogen-bond acceptors (Lipinski definition) is 5. The van der Waals surface area contributed by atoms with Crippen LogP contribution in [0.2, 0.25) is 0 Å². The van der Waals surface area contributed by atoms with E-state index in [1.807, 2.05) is 24.3 Å². The van der Waals surface area contributed by atoms with E-state index in [0.29, 0.717) is 11.5 Å². The summed E-state index contributed by atoms with van der Waals surface area (Å²) in [7, 11) is 1.60. The van der Waals surface area contributed by atoms with Gasteiger partial charge in [-0.15, -0.1) is 10.2 Å². The zero-order valence-corrected chi connectivity index (χ0v) is 10.3. The summed E-state index contributed by atoms with van der Waals surface area (Å²) >= 11 is 0. The number of aromatic nitrogens is 2. The van der Waals surface area contributed by atoms with Gasteiger partial charge in [0.2, 0.25) is 0 Å². The van der Waals surface area contributed by atoms with Crippen LogP contribution in [0.3, 0.4) is 0 Å². The van der Waals surface area contributed by atoms with Gasteiger partial charge in [0.05, 0.1) is 12.8 Å². The molecule has 0 bridgehead atoms. The summed E-state index contributed by atoms with van der Waals surface area (Å²) in [6, 6.07) is 10.9. The van der Waals surface area contributed by atoms with Crippen LogP contribution < -0.4 is 10.1 Å². The number of carboxylic acids is 1. The summed E-state index contributed by atoms with van der Waals surface area (Å²) < 4.78 is 5.14. The highest BCUT2D eigenvalue weighted by molar-refractivity contribution is 5.72. The first kappa shape index (κ1) is 12.8. The number of anilines is 1. The van der Waals surface area contributed by atoms with E-state index in [0.717, 1.165) is 11.3 Å². The molecular formula is C13H13N3O3. The lowest BCUT2D eigenvalue weighted by molar-refractivity contribution is -0.134. The van der Waals surface area contributed by atoms with Crippen LogP contribution in [0.5, 0.6) is 5.75 Å². The highest BCUT2D eigenvalue weighted by Gasteiger charge is 2.03. The van der Waals surface area contributed by atoms with E-state index in [2.05, 4.69) is 15.5 Å². The molecule has 0 saturated carbocycles. The fourth-order valence-corrected chi connectivity index (χ4v) is 1.53. The maximum absolute atomic E-state index is 10.4. The molecule has 0 unspecified atom stereocenters. The molecule has 2 N–H and O–H groups in total. The van der Waals surface area contributed by atoms with Crippen molar-refractivity contribution in [3.63, 3.8) is 0 Å². The Balaban J connectivity index is 2.15. The molecule has 2 aromatic rings. The second-order valence-corrected chi connectivity index (χ2v) is 3.78. The molecule has 0 aliphatic rings. The van der Waals surface area contributed by atoms with Crippen LogP contribution in [0, 0.1) is 0 Å². The summed E-state index contributed by atoms with van der Waals surface area (Å²) in [5, 5.41) is 19.1. The minimum Gasteiger partial charge on any atom is -0.497 e. The van der Waals surface area contributed by atoms with E-state index in [1.54, 1.807) is 19.2 Å². The molecule has 6 heteroatoms. The van der Waals surface area contributed by atoms with Crippen molar-refractivity contribution >= 4 is 11.8 Å². The average Bonchev–Trinajstić information content (AvgIpc) is 2.45. The van der Waals surface area contributed by atoms with Gasteiger partial charge in [0.25, 0.3) is 0 Å². The Kier molecular flexibility index (Phi) is 3.92. The quantitative estimate of drug-likeness (QED) is 0.849. The van der Waals surface area contributed by atoms with Gasteiger partial charge < -0.3 is 15.2 Å². The highest BCUT2D eigenvalue weighted by atomic mass is 16.5. The van der Waals surface area contributed by atoms with Gasteiger partial charge in [0, 0.05) is 5.56 Å². The third-order valence-corrected chi connectivity index (χ3v) is 2.45. The third-order valence-electron chi connectivity index (χ3n) is 2.45. The van der Waals surface area contributed by atoms with Crippen molar-refractivity contribution < 1.29 is 14.6 Å². The van der Waals surface area contributed by atoms with Gasteiger partial charge in [0.15, 0.2) is 0 Å². The minimum absolute atomic E-state index is 0.187. The number of hydrogen-bond donors (Lipinski definition) is 2. The predicted octanol–water partition coefficient (Wildman–Crippen LogP) is 1.65. The Morgan fingerprint density at radius 1 is 1.32 bits per heavy atom. The van der Waals surface area contributed by atoms with Crippen molar-refractivity contribution in [2.75, 3.05) is 19.0 Å². The number of ether oxygens (including phenoxy) is 1. The fourth-order valence-electron chi connectivity index (χ4n) is 1.53. The number of carboxylic acid groups (broad SMARTS) is 1. The normalized spacial score (nSPS) is 9.95. The molecule has 0 amide bonds. The van der Waals surface area contributed by atoms with Crippen molar-refractivity contribution in [1.82, 2.24) is 10.2 Å². The number of aliphatic carboxylic acids is 1. The fraction of sp³-hybridized carbons (Fsp3) is 0.154. The van der Waals surface area contributed by atoms with Crippen LogP contribution in [-0.4, -0.2) is 34.9 Å². The van der Waals surface area contributed by atoms with E-state index in [1.165, 1.54) is 0 Å². The standard InChI is InChI=1S/C13H13N3O3/c1-19-10-4-2-3-9(7-10)11-5-6-12(16-15-11)14-8-13(17)18/h2-7H,8H2,1H3,(H,14,16)(H,17,18). The van der Waals surface area contributed by atoms with Crippen LogP contribution in [-0.2, 0) is 4.79 Å². The number of rotatable bonds is 5. The van der Waals surface area contributed by atoms with Crippen molar-refractivity contribution in [1.29, 1.82) is 0 Å². The maximum atomic E-state index is 10.4. The zero-order valence-electron chi connectivity index (χ0n) is 10.3. The van der Waals surface area contributed by atoms with Gasteiger partial charge in [-0.3, -0.25) is 4.79 Å². The highest BCUT2D eigenvalue weighted by Crippen LogP contribution is 2.21. The zero-order chi connectivity index (χ0) is 13.7. The molecule has 1 heterocycles. The first-order valence-electron chi connectivity index (χ1n) is 5.63. The van der Waals surface area contributed by atoms with Gasteiger partial charge in [-0.2, -0.15) is 0 Å². The van der Waals surface area contributed by atoms with Gasteiger partial charge in [-0.1, -0.05) is 12.1 Å². The average molecular weight is 259 g/mol. The van der Waals surface area contributed by atoms with E-state index in [4.69, 9.17) is 9.84 Å². The Labute approximate surface area is 110 Å². The van der Waals surface area contributed by atoms with Crippen LogP contribution >= 0.6 is 0 Å².